The fraction of sp³-hybridized carbons (Fsp3) is 0.400. The number of hydrogen-bond donors (Lipinski definition) is 3. The monoisotopic (exact) mass is 363 g/mol. The van der Waals surface area contributed by atoms with Crippen molar-refractivity contribution in [2.75, 3.05) is 15.1 Å². The Morgan fingerprint density at radius 2 is 1.96 bits per heavy atom. The van der Waals surface area contributed by atoms with Crippen molar-refractivity contribution in [2.45, 2.75) is 51.1 Å². The summed E-state index contributed by atoms with van der Waals surface area (Å²) in [4.78, 5) is 13.2. The summed E-state index contributed by atoms with van der Waals surface area (Å²) >= 11 is 0. The van der Waals surface area contributed by atoms with E-state index in [4.69, 9.17) is 15.8 Å². The first-order chi connectivity index (χ1) is 13.2. The number of anilines is 4. The van der Waals surface area contributed by atoms with Gasteiger partial charge in [-0.3, -0.25) is 15.7 Å². The van der Waals surface area contributed by atoms with Crippen LogP contribution in [0.2, 0.25) is 0 Å². The van der Waals surface area contributed by atoms with Gasteiger partial charge in [0.25, 0.3) is 0 Å². The number of rotatable bonds is 5. The molecule has 2 aliphatic rings. The van der Waals surface area contributed by atoms with E-state index in [1.54, 1.807) is 11.1 Å². The van der Waals surface area contributed by atoms with E-state index in [-0.39, 0.29) is 6.04 Å². The summed E-state index contributed by atoms with van der Waals surface area (Å²) in [6, 6.07) is 10.2. The topological polar surface area (TPSA) is 92.0 Å². The van der Waals surface area contributed by atoms with Gasteiger partial charge in [0.15, 0.2) is 5.82 Å². The molecule has 27 heavy (non-hydrogen) atoms. The van der Waals surface area contributed by atoms with Crippen LogP contribution in [0.1, 0.15) is 39.0 Å². The minimum atomic E-state index is -0.0679. The van der Waals surface area contributed by atoms with Crippen LogP contribution in [0, 0.1) is 10.8 Å². The highest BCUT2D eigenvalue weighted by Crippen LogP contribution is 2.40. The maximum absolute atomic E-state index is 8.62. The molecule has 0 saturated heterocycles. The molecule has 0 unspecified atom stereocenters. The standard InChI is InChI=1S/C20H25N7/c1-2-16-18(22)26(13-21)17-12-23-20(24-14-8-4-3-5-9-14)25-19(17)27(16)15-10-6-7-11-15/h3-5,8-9,12-13,15-16,21-22H,2,6-7,10-11H2,1H3,(H,23,24,25)/t16-/m1/s1. The Balaban J connectivity index is 1.77. The van der Waals surface area contributed by atoms with Crippen LogP contribution in [-0.4, -0.2) is 34.2 Å². The zero-order valence-corrected chi connectivity index (χ0v) is 15.5. The number of benzene rings is 1. The van der Waals surface area contributed by atoms with Crippen LogP contribution in [0.5, 0.6) is 0 Å². The SMILES string of the molecule is CC[C@@H]1C(=N)N(C=N)c2cnc(Nc3ccccc3)nc2N1C1CCCC1. The molecule has 7 nitrogen and oxygen atoms in total. The van der Waals surface area contributed by atoms with Gasteiger partial charge in [0.1, 0.15) is 11.5 Å². The summed E-state index contributed by atoms with van der Waals surface area (Å²) in [6.45, 7) is 2.10. The van der Waals surface area contributed by atoms with Crippen LogP contribution < -0.4 is 15.1 Å². The highest BCUT2D eigenvalue weighted by molar-refractivity contribution is 6.16. The second-order valence-electron chi connectivity index (χ2n) is 7.05. The molecule has 1 saturated carbocycles. The van der Waals surface area contributed by atoms with Gasteiger partial charge < -0.3 is 10.2 Å². The molecule has 0 bridgehead atoms. The molecule has 140 valence electrons. The van der Waals surface area contributed by atoms with E-state index < -0.39 is 0 Å². The molecule has 0 amide bonds. The van der Waals surface area contributed by atoms with E-state index >= 15 is 0 Å². The lowest BCUT2D eigenvalue weighted by Crippen LogP contribution is -2.56. The summed E-state index contributed by atoms with van der Waals surface area (Å²) in [6.07, 6.45) is 8.41. The number of fused-ring (bicyclic) bond motifs is 1. The van der Waals surface area contributed by atoms with Crippen LogP contribution >= 0.6 is 0 Å². The Morgan fingerprint density at radius 3 is 2.63 bits per heavy atom. The van der Waals surface area contributed by atoms with Gasteiger partial charge in [-0.15, -0.1) is 0 Å². The first-order valence-electron chi connectivity index (χ1n) is 9.58. The van der Waals surface area contributed by atoms with Gasteiger partial charge >= 0.3 is 0 Å². The van der Waals surface area contributed by atoms with Gasteiger partial charge in [0, 0.05) is 11.7 Å². The average Bonchev–Trinajstić information content (AvgIpc) is 3.22. The summed E-state index contributed by atoms with van der Waals surface area (Å²) in [5, 5.41) is 19.7. The van der Waals surface area contributed by atoms with Crippen molar-refractivity contribution in [3.63, 3.8) is 0 Å². The van der Waals surface area contributed by atoms with Crippen molar-refractivity contribution in [1.82, 2.24) is 9.97 Å². The number of nitrogens with zero attached hydrogens (tertiary/aromatic N) is 4. The van der Waals surface area contributed by atoms with Gasteiger partial charge in [-0.25, -0.2) is 4.98 Å². The van der Waals surface area contributed by atoms with Gasteiger partial charge in [-0.05, 0) is 31.4 Å². The Hall–Kier alpha value is -2.96. The van der Waals surface area contributed by atoms with Gasteiger partial charge in [0.2, 0.25) is 5.95 Å². The summed E-state index contributed by atoms with van der Waals surface area (Å²) < 4.78 is 0. The molecule has 7 heteroatoms. The Bertz CT molecular complexity index is 829. The highest BCUT2D eigenvalue weighted by atomic mass is 15.4. The Morgan fingerprint density at radius 1 is 1.22 bits per heavy atom. The molecular weight excluding hydrogens is 338 g/mol. The molecular formula is C20H25N7. The predicted octanol–water partition coefficient (Wildman–Crippen LogP) is 4.15. The molecule has 1 atom stereocenters. The lowest BCUT2D eigenvalue weighted by molar-refractivity contribution is 0.548. The van der Waals surface area contributed by atoms with Gasteiger partial charge in [-0.2, -0.15) is 4.98 Å². The van der Waals surface area contributed by atoms with Crippen molar-refractivity contribution in [1.29, 1.82) is 10.8 Å². The zero-order valence-electron chi connectivity index (χ0n) is 15.5. The van der Waals surface area contributed by atoms with Crippen molar-refractivity contribution in [2.24, 2.45) is 0 Å². The minimum absolute atomic E-state index is 0.0679. The maximum Gasteiger partial charge on any atom is 0.229 e. The van der Waals surface area contributed by atoms with E-state index in [1.165, 1.54) is 19.2 Å². The third-order valence-electron chi connectivity index (χ3n) is 5.43. The molecule has 2 aromatic rings. The molecule has 3 N–H and O–H groups in total. The number of amidine groups is 1. The van der Waals surface area contributed by atoms with Crippen LogP contribution in [0.3, 0.4) is 0 Å². The fourth-order valence-corrected chi connectivity index (χ4v) is 4.15. The van der Waals surface area contributed by atoms with E-state index in [2.05, 4.69) is 22.1 Å². The maximum atomic E-state index is 8.62. The molecule has 1 aromatic heterocycles. The van der Waals surface area contributed by atoms with Crippen molar-refractivity contribution in [3.8, 4) is 0 Å². The molecule has 1 aliphatic heterocycles. The second-order valence-corrected chi connectivity index (χ2v) is 7.05. The first kappa shape index (κ1) is 17.5. The molecule has 1 aromatic carbocycles. The van der Waals surface area contributed by atoms with E-state index in [1.807, 2.05) is 30.3 Å². The molecule has 0 radical (unpaired) electrons. The summed E-state index contributed by atoms with van der Waals surface area (Å²) in [5.41, 5.74) is 1.65. The molecule has 1 aliphatic carbocycles. The van der Waals surface area contributed by atoms with Crippen molar-refractivity contribution < 1.29 is 0 Å². The van der Waals surface area contributed by atoms with Gasteiger partial charge in [-0.1, -0.05) is 38.0 Å². The quantitative estimate of drug-likeness (QED) is 0.548. The van der Waals surface area contributed by atoms with Gasteiger partial charge in [0.05, 0.1) is 18.6 Å². The van der Waals surface area contributed by atoms with Crippen molar-refractivity contribution in [3.05, 3.63) is 36.5 Å². The predicted molar refractivity (Wildman–Crippen MR) is 110 cm³/mol. The lowest BCUT2D eigenvalue weighted by atomic mass is 10.0. The normalized spacial score (nSPS) is 19.9. The number of nitrogens with one attached hydrogen (secondary N) is 3. The molecule has 0 spiro atoms. The smallest absolute Gasteiger partial charge is 0.229 e. The summed E-state index contributed by atoms with van der Waals surface area (Å²) in [5.74, 6) is 1.79. The lowest BCUT2D eigenvalue weighted by Gasteiger charge is -2.44. The van der Waals surface area contributed by atoms with Crippen LogP contribution in [0.15, 0.2) is 36.5 Å². The van der Waals surface area contributed by atoms with E-state index in [0.717, 1.165) is 30.8 Å². The fourth-order valence-electron chi connectivity index (χ4n) is 4.15. The largest absolute Gasteiger partial charge is 0.342 e. The van der Waals surface area contributed by atoms with Crippen LogP contribution in [0.4, 0.5) is 23.1 Å². The molecule has 2 heterocycles. The zero-order chi connectivity index (χ0) is 18.8. The Labute approximate surface area is 159 Å². The van der Waals surface area contributed by atoms with E-state index in [0.29, 0.717) is 23.5 Å². The Kier molecular flexibility index (Phi) is 4.75. The third kappa shape index (κ3) is 3.13. The molecule has 1 fully saturated rings. The second kappa shape index (κ2) is 7.34. The van der Waals surface area contributed by atoms with Crippen LogP contribution in [-0.2, 0) is 0 Å². The number of para-hydroxylation sites is 1. The third-order valence-corrected chi connectivity index (χ3v) is 5.43. The average molecular weight is 363 g/mol. The summed E-state index contributed by atoms with van der Waals surface area (Å²) in [7, 11) is 0. The minimum Gasteiger partial charge on any atom is -0.342 e. The van der Waals surface area contributed by atoms with E-state index in [9.17, 15) is 0 Å². The first-order valence-corrected chi connectivity index (χ1v) is 9.58. The van der Waals surface area contributed by atoms with Crippen LogP contribution in [0.25, 0.3) is 0 Å². The molecule has 4 rings (SSSR count). The highest BCUT2D eigenvalue weighted by Gasteiger charge is 2.40. The number of hydrogen-bond acceptors (Lipinski definition) is 6. The van der Waals surface area contributed by atoms with Crippen molar-refractivity contribution >= 4 is 35.3 Å². The number of aromatic nitrogens is 2.